The topological polar surface area (TPSA) is 17.3 Å². The zero-order valence-electron chi connectivity index (χ0n) is 21.3. The molecule has 2 nitrogen and oxygen atoms in total. The molecular formula is C31H38N2. The van der Waals surface area contributed by atoms with Gasteiger partial charge in [0.2, 0.25) is 0 Å². The second-order valence-corrected chi connectivity index (χ2v) is 8.55. The number of nitrogens with zero attached hydrogens (tertiary/aromatic N) is 2. The second-order valence-electron chi connectivity index (χ2n) is 8.55. The maximum Gasteiger partial charge on any atom is 0.145 e. The smallest absolute Gasteiger partial charge is 0.145 e. The standard InChI is InChI=1S/C25H22N2.C4H10.C2H6/c1-16(2)19-13-14-20(18-9-5-4-6-10-18)23-21-11-7-8-12-22(21)27-17(3)15-26-25(27)24(19)23;1-3-4-2;1-2/h4-16H,1-3H3;3-4H2,1-2H3;1-2H3. The van der Waals surface area contributed by atoms with Gasteiger partial charge in [-0.2, -0.15) is 0 Å². The minimum atomic E-state index is 0.430. The fraction of sp³-hybridized carbons (Fsp3) is 0.323. The van der Waals surface area contributed by atoms with E-state index >= 15 is 0 Å². The van der Waals surface area contributed by atoms with Crippen molar-refractivity contribution in [2.75, 3.05) is 0 Å². The van der Waals surface area contributed by atoms with Crippen molar-refractivity contribution in [3.8, 4) is 11.1 Å². The van der Waals surface area contributed by atoms with E-state index in [1.165, 1.54) is 56.9 Å². The van der Waals surface area contributed by atoms with E-state index < -0.39 is 0 Å². The van der Waals surface area contributed by atoms with Crippen molar-refractivity contribution < 1.29 is 0 Å². The summed E-state index contributed by atoms with van der Waals surface area (Å²) in [6, 6.07) is 23.9. The Hall–Kier alpha value is -3.13. The zero-order chi connectivity index (χ0) is 24.0. The van der Waals surface area contributed by atoms with E-state index in [4.69, 9.17) is 4.98 Å². The van der Waals surface area contributed by atoms with Crippen LogP contribution in [0.5, 0.6) is 0 Å². The first-order valence-electron chi connectivity index (χ1n) is 12.4. The maximum atomic E-state index is 4.84. The molecule has 0 aliphatic heterocycles. The van der Waals surface area contributed by atoms with E-state index in [-0.39, 0.29) is 0 Å². The highest BCUT2D eigenvalue weighted by molar-refractivity contribution is 6.19. The predicted molar refractivity (Wildman–Crippen MR) is 146 cm³/mol. The van der Waals surface area contributed by atoms with Crippen LogP contribution >= 0.6 is 0 Å². The number of fused-ring (bicyclic) bond motifs is 6. The van der Waals surface area contributed by atoms with Gasteiger partial charge in [0.15, 0.2) is 0 Å². The van der Waals surface area contributed by atoms with Crippen LogP contribution < -0.4 is 0 Å². The summed E-state index contributed by atoms with van der Waals surface area (Å²) in [7, 11) is 0. The Balaban J connectivity index is 0.000000464. The number of hydrogen-bond donors (Lipinski definition) is 0. The van der Waals surface area contributed by atoms with E-state index in [0.29, 0.717) is 5.92 Å². The molecule has 0 saturated heterocycles. The van der Waals surface area contributed by atoms with E-state index in [0.717, 1.165) is 5.65 Å². The third-order valence-corrected chi connectivity index (χ3v) is 6.02. The molecule has 0 aliphatic rings. The molecule has 0 amide bonds. The third-order valence-electron chi connectivity index (χ3n) is 6.02. The highest BCUT2D eigenvalue weighted by Crippen LogP contribution is 2.40. The van der Waals surface area contributed by atoms with Gasteiger partial charge >= 0.3 is 0 Å². The van der Waals surface area contributed by atoms with Crippen LogP contribution in [-0.2, 0) is 0 Å². The number of hydrogen-bond acceptors (Lipinski definition) is 1. The van der Waals surface area contributed by atoms with Crippen LogP contribution in [0, 0.1) is 6.92 Å². The predicted octanol–water partition coefficient (Wildman–Crippen LogP) is 9.57. The molecular weight excluding hydrogens is 400 g/mol. The van der Waals surface area contributed by atoms with Gasteiger partial charge in [-0.05, 0) is 35.6 Å². The summed E-state index contributed by atoms with van der Waals surface area (Å²) in [6.45, 7) is 15.0. The van der Waals surface area contributed by atoms with E-state index in [2.05, 4.69) is 106 Å². The minimum absolute atomic E-state index is 0.430. The lowest BCUT2D eigenvalue weighted by Gasteiger charge is -2.18. The molecule has 5 rings (SSSR count). The lowest BCUT2D eigenvalue weighted by molar-refractivity contribution is 0.876. The fourth-order valence-electron chi connectivity index (χ4n) is 4.28. The van der Waals surface area contributed by atoms with Gasteiger partial charge in [0.25, 0.3) is 0 Å². The molecule has 0 fully saturated rings. The first-order valence-corrected chi connectivity index (χ1v) is 12.4. The van der Waals surface area contributed by atoms with Gasteiger partial charge in [0, 0.05) is 28.0 Å². The number of benzene rings is 3. The van der Waals surface area contributed by atoms with Crippen LogP contribution in [0.15, 0.2) is 72.9 Å². The van der Waals surface area contributed by atoms with Gasteiger partial charge in [0.05, 0.1) is 5.52 Å². The molecule has 2 heterocycles. The summed E-state index contributed by atoms with van der Waals surface area (Å²) in [5.74, 6) is 0.430. The molecule has 2 aromatic heterocycles. The average Bonchev–Trinajstić information content (AvgIpc) is 3.27. The molecule has 0 spiro atoms. The van der Waals surface area contributed by atoms with Crippen molar-refractivity contribution in [1.82, 2.24) is 9.38 Å². The van der Waals surface area contributed by atoms with Crippen LogP contribution in [-0.4, -0.2) is 9.38 Å². The van der Waals surface area contributed by atoms with Crippen LogP contribution in [0.3, 0.4) is 0 Å². The molecule has 0 radical (unpaired) electrons. The molecule has 0 unspecified atom stereocenters. The van der Waals surface area contributed by atoms with Crippen molar-refractivity contribution in [1.29, 1.82) is 0 Å². The van der Waals surface area contributed by atoms with Gasteiger partial charge in [-0.3, -0.25) is 4.40 Å². The number of unbranched alkanes of at least 4 members (excludes halogenated alkanes) is 1. The Kier molecular flexibility index (Phi) is 8.27. The Labute approximate surface area is 199 Å². The van der Waals surface area contributed by atoms with Gasteiger partial charge in [0.1, 0.15) is 5.65 Å². The van der Waals surface area contributed by atoms with Crippen molar-refractivity contribution >= 4 is 27.3 Å². The summed E-state index contributed by atoms with van der Waals surface area (Å²) in [5.41, 5.74) is 7.31. The van der Waals surface area contributed by atoms with E-state index in [9.17, 15) is 0 Å². The van der Waals surface area contributed by atoms with Gasteiger partial charge in [-0.25, -0.2) is 4.98 Å². The monoisotopic (exact) mass is 438 g/mol. The molecule has 0 saturated carbocycles. The van der Waals surface area contributed by atoms with Gasteiger partial charge in [-0.1, -0.05) is 115 Å². The Morgan fingerprint density at radius 2 is 1.42 bits per heavy atom. The SMILES string of the molecule is CC.CCCC.Cc1cnc2c3c(C(C)C)ccc(-c4ccccc4)c3c3ccccc3n12. The van der Waals surface area contributed by atoms with Crippen LogP contribution in [0.25, 0.3) is 38.4 Å². The molecule has 3 aromatic carbocycles. The van der Waals surface area contributed by atoms with E-state index in [1.807, 2.05) is 20.0 Å². The highest BCUT2D eigenvalue weighted by Gasteiger charge is 2.18. The molecule has 2 heteroatoms. The van der Waals surface area contributed by atoms with Crippen LogP contribution in [0.2, 0.25) is 0 Å². The summed E-state index contributed by atoms with van der Waals surface area (Å²) in [4.78, 5) is 4.84. The van der Waals surface area contributed by atoms with Crippen molar-refractivity contribution in [2.24, 2.45) is 0 Å². The molecule has 5 aromatic rings. The van der Waals surface area contributed by atoms with Gasteiger partial charge < -0.3 is 0 Å². The fourth-order valence-corrected chi connectivity index (χ4v) is 4.28. The largest absolute Gasteiger partial charge is 0.296 e. The third kappa shape index (κ3) is 4.66. The summed E-state index contributed by atoms with van der Waals surface area (Å²) in [6.07, 6.45) is 4.63. The van der Waals surface area contributed by atoms with Crippen LogP contribution in [0.4, 0.5) is 0 Å². The maximum absolute atomic E-state index is 4.84. The molecule has 0 aliphatic carbocycles. The highest BCUT2D eigenvalue weighted by atomic mass is 15.0. The number of rotatable bonds is 3. The first kappa shape index (κ1) is 24.5. The summed E-state index contributed by atoms with van der Waals surface area (Å²) < 4.78 is 2.30. The number of imidazole rings is 1. The first-order chi connectivity index (χ1) is 16.1. The molecule has 172 valence electrons. The Morgan fingerprint density at radius 3 is 2.06 bits per heavy atom. The lowest BCUT2D eigenvalue weighted by atomic mass is 9.89. The second kappa shape index (κ2) is 11.1. The molecule has 0 atom stereocenters. The number of aryl methyl sites for hydroxylation is 1. The minimum Gasteiger partial charge on any atom is -0.296 e. The summed E-state index contributed by atoms with van der Waals surface area (Å²) in [5, 5.41) is 3.86. The van der Waals surface area contributed by atoms with Crippen molar-refractivity contribution in [3.05, 3.63) is 84.2 Å². The molecule has 33 heavy (non-hydrogen) atoms. The van der Waals surface area contributed by atoms with Crippen molar-refractivity contribution in [2.45, 2.75) is 67.2 Å². The molecule has 0 N–H and O–H groups in total. The average molecular weight is 439 g/mol. The van der Waals surface area contributed by atoms with Crippen molar-refractivity contribution in [3.63, 3.8) is 0 Å². The lowest BCUT2D eigenvalue weighted by Crippen LogP contribution is -1.99. The van der Waals surface area contributed by atoms with Crippen LogP contribution in [0.1, 0.15) is 71.6 Å². The van der Waals surface area contributed by atoms with E-state index in [1.54, 1.807) is 0 Å². The zero-order valence-corrected chi connectivity index (χ0v) is 21.3. The number of aromatic nitrogens is 2. The van der Waals surface area contributed by atoms with Gasteiger partial charge in [-0.15, -0.1) is 0 Å². The Bertz CT molecular complexity index is 1330. The summed E-state index contributed by atoms with van der Waals surface area (Å²) >= 11 is 0. The molecule has 0 bridgehead atoms. The normalized spacial score (nSPS) is 10.8. The number of pyridine rings is 1. The quantitative estimate of drug-likeness (QED) is 0.256. The number of para-hydroxylation sites is 1. The Morgan fingerprint density at radius 1 is 0.788 bits per heavy atom.